The smallest absolute Gasteiger partial charge is 0.462 e. The minimum Gasteiger partial charge on any atom is -0.462 e. The quantitative estimate of drug-likeness (QED) is 0.0146. The summed E-state index contributed by atoms with van der Waals surface area (Å²) in [5.74, 6) is -1.11. The van der Waals surface area contributed by atoms with E-state index in [1.165, 1.54) is 109 Å². The molecular weight excluding hydrogens is 815 g/mol. The molecule has 0 spiro atoms. The summed E-state index contributed by atoms with van der Waals surface area (Å²) in [7, 11) is -5.12. The van der Waals surface area contributed by atoms with E-state index in [4.69, 9.17) is 18.5 Å². The number of phosphoric acid groups is 1. The number of carbonyl (C=O) groups is 2. The molecule has 6 unspecified atom stereocenters. The molecule has 1 fully saturated rings. The van der Waals surface area contributed by atoms with Crippen LogP contribution < -0.4 is 0 Å². The maximum atomic E-state index is 12.8. The Morgan fingerprint density at radius 2 is 0.871 bits per heavy atom. The Morgan fingerprint density at radius 1 is 0.500 bits per heavy atom. The maximum Gasteiger partial charge on any atom is 0.472 e. The molecule has 0 saturated heterocycles. The van der Waals surface area contributed by atoms with Gasteiger partial charge in [0.1, 0.15) is 43.2 Å². The number of aliphatic hydroxyl groups excluding tert-OH is 5. The molecule has 1 saturated carbocycles. The summed E-state index contributed by atoms with van der Waals surface area (Å²) in [6.07, 6.45) is 29.4. The molecule has 14 heteroatoms. The molecule has 13 nitrogen and oxygen atoms in total. The van der Waals surface area contributed by atoms with Crippen molar-refractivity contribution in [2.75, 3.05) is 13.2 Å². The van der Waals surface area contributed by atoms with Crippen LogP contribution in [0.4, 0.5) is 0 Å². The molecule has 6 N–H and O–H groups in total. The molecule has 0 aromatic carbocycles. The number of unbranched alkanes of at least 4 members (excludes halogenated alkanes) is 25. The van der Waals surface area contributed by atoms with E-state index in [1.807, 2.05) is 0 Å². The summed E-state index contributed by atoms with van der Waals surface area (Å²) < 4.78 is 33.6. The fraction of sp³-hybridized carbons (Fsp3) is 0.875. The zero-order valence-corrected chi connectivity index (χ0v) is 39.6. The van der Waals surface area contributed by atoms with Crippen molar-refractivity contribution >= 4 is 19.8 Å². The van der Waals surface area contributed by atoms with Gasteiger partial charge in [0.2, 0.25) is 0 Å². The van der Waals surface area contributed by atoms with Gasteiger partial charge in [0.05, 0.1) is 6.61 Å². The van der Waals surface area contributed by atoms with Crippen LogP contribution in [0.1, 0.15) is 213 Å². The van der Waals surface area contributed by atoms with E-state index in [2.05, 4.69) is 38.2 Å². The van der Waals surface area contributed by atoms with Gasteiger partial charge in [0, 0.05) is 12.8 Å². The number of ether oxygens (including phenoxy) is 2. The third-order valence-electron chi connectivity index (χ3n) is 11.5. The van der Waals surface area contributed by atoms with Crippen molar-refractivity contribution in [3.05, 3.63) is 24.3 Å². The molecular formula is C48H89O13P. The second-order valence-corrected chi connectivity index (χ2v) is 18.7. The number of hydrogen-bond donors (Lipinski definition) is 6. The lowest BCUT2D eigenvalue weighted by Gasteiger charge is -2.41. The van der Waals surface area contributed by atoms with Crippen LogP contribution in [0.15, 0.2) is 24.3 Å². The second kappa shape index (κ2) is 38.6. The lowest BCUT2D eigenvalue weighted by atomic mass is 9.85. The third kappa shape index (κ3) is 30.5. The number of hydrogen-bond acceptors (Lipinski definition) is 12. The van der Waals surface area contributed by atoms with Crippen molar-refractivity contribution in [1.82, 2.24) is 0 Å². The average molecular weight is 905 g/mol. The van der Waals surface area contributed by atoms with E-state index < -0.39 is 75.7 Å². The van der Waals surface area contributed by atoms with Crippen LogP contribution in [0.2, 0.25) is 0 Å². The van der Waals surface area contributed by atoms with Crippen LogP contribution in [0, 0.1) is 0 Å². The van der Waals surface area contributed by atoms with Crippen LogP contribution in [-0.4, -0.2) is 98.3 Å². The van der Waals surface area contributed by atoms with Crippen LogP contribution in [0.5, 0.6) is 0 Å². The third-order valence-corrected chi connectivity index (χ3v) is 12.5. The molecule has 0 aromatic heterocycles. The highest BCUT2D eigenvalue weighted by Crippen LogP contribution is 2.47. The van der Waals surface area contributed by atoms with Gasteiger partial charge in [-0.15, -0.1) is 0 Å². The topological polar surface area (TPSA) is 210 Å². The number of esters is 2. The predicted octanol–water partition coefficient (Wildman–Crippen LogP) is 10.0. The Kier molecular flexibility index (Phi) is 36.3. The van der Waals surface area contributed by atoms with E-state index in [9.17, 15) is 44.6 Å². The van der Waals surface area contributed by atoms with Crippen LogP contribution in [0.3, 0.4) is 0 Å². The van der Waals surface area contributed by atoms with Crippen molar-refractivity contribution < 1.29 is 63.1 Å². The highest BCUT2D eigenvalue weighted by atomic mass is 31.2. The van der Waals surface area contributed by atoms with E-state index >= 15 is 0 Å². The maximum absolute atomic E-state index is 12.8. The first-order valence-electron chi connectivity index (χ1n) is 24.6. The monoisotopic (exact) mass is 905 g/mol. The minimum atomic E-state index is -5.12. The summed E-state index contributed by atoms with van der Waals surface area (Å²) in [4.78, 5) is 35.8. The van der Waals surface area contributed by atoms with Crippen LogP contribution in [-0.2, 0) is 32.7 Å². The summed E-state index contributed by atoms with van der Waals surface area (Å²) in [6, 6.07) is 0. The standard InChI is InChI=1S/C48H89O13P/c1-3-5-7-9-11-13-15-17-19-21-23-24-26-28-30-32-34-36-41(49)58-38-40(39-59-62(56,57)61-48-46(54)44(52)43(51)45(53)47(48)55)60-42(50)37-35-33-31-29-27-25-22-20-18-16-14-12-10-8-6-4-2/h14,16,20,22,40,43-48,51-55H,3-13,15,17-19,21,23-39H2,1-2H3,(H,56,57)/b16-14-,22-20-. The summed E-state index contributed by atoms with van der Waals surface area (Å²) >= 11 is 0. The molecule has 6 atom stereocenters. The number of phosphoric ester groups is 1. The van der Waals surface area contributed by atoms with Gasteiger partial charge in [-0.2, -0.15) is 0 Å². The van der Waals surface area contributed by atoms with E-state index in [-0.39, 0.29) is 12.8 Å². The first-order chi connectivity index (χ1) is 29.9. The number of rotatable bonds is 41. The van der Waals surface area contributed by atoms with Crippen LogP contribution in [0.25, 0.3) is 0 Å². The zero-order chi connectivity index (χ0) is 45.7. The highest BCUT2D eigenvalue weighted by molar-refractivity contribution is 7.47. The first-order valence-corrected chi connectivity index (χ1v) is 26.1. The van der Waals surface area contributed by atoms with Crippen molar-refractivity contribution in [1.29, 1.82) is 0 Å². The lowest BCUT2D eigenvalue weighted by molar-refractivity contribution is -0.220. The second-order valence-electron chi connectivity index (χ2n) is 17.3. The molecule has 0 aromatic rings. The first kappa shape index (κ1) is 58.3. The highest BCUT2D eigenvalue weighted by Gasteiger charge is 2.51. The van der Waals surface area contributed by atoms with Gasteiger partial charge in [0.15, 0.2) is 6.10 Å². The molecule has 62 heavy (non-hydrogen) atoms. The van der Waals surface area contributed by atoms with E-state index in [0.717, 1.165) is 64.2 Å². The molecule has 364 valence electrons. The summed E-state index contributed by atoms with van der Waals surface area (Å²) in [5.41, 5.74) is 0. The SMILES string of the molecule is CCCCCC/C=C\C/C=C\CCCCCCCC(=O)OC(COC(=O)CCCCCCCCCCCCCCCCCCC)COP(=O)(O)OC1C(O)C(O)C(O)C(O)C1O. The van der Waals surface area contributed by atoms with Crippen LogP contribution >= 0.6 is 7.82 Å². The lowest BCUT2D eigenvalue weighted by Crippen LogP contribution is -2.64. The minimum absolute atomic E-state index is 0.0836. The number of aliphatic hydroxyl groups is 5. The van der Waals surface area contributed by atoms with Crippen molar-refractivity contribution in [3.63, 3.8) is 0 Å². The molecule has 1 rings (SSSR count). The molecule has 0 radical (unpaired) electrons. The molecule has 0 bridgehead atoms. The summed E-state index contributed by atoms with van der Waals surface area (Å²) in [6.45, 7) is 3.29. The van der Waals surface area contributed by atoms with Gasteiger partial charge >= 0.3 is 19.8 Å². The van der Waals surface area contributed by atoms with Gasteiger partial charge in [-0.1, -0.05) is 179 Å². The molecule has 1 aliphatic carbocycles. The Labute approximate surface area is 375 Å². The number of carbonyl (C=O) groups excluding carboxylic acids is 2. The van der Waals surface area contributed by atoms with Gasteiger partial charge in [-0.05, 0) is 44.9 Å². The largest absolute Gasteiger partial charge is 0.472 e. The van der Waals surface area contributed by atoms with Crippen molar-refractivity contribution in [2.24, 2.45) is 0 Å². The normalized spacial score (nSPS) is 22.0. The van der Waals surface area contributed by atoms with E-state index in [1.54, 1.807) is 0 Å². The fourth-order valence-corrected chi connectivity index (χ4v) is 8.53. The van der Waals surface area contributed by atoms with Crippen molar-refractivity contribution in [3.8, 4) is 0 Å². The number of allylic oxidation sites excluding steroid dienone is 4. The van der Waals surface area contributed by atoms with Crippen molar-refractivity contribution in [2.45, 2.75) is 256 Å². The van der Waals surface area contributed by atoms with Gasteiger partial charge < -0.3 is 39.9 Å². The predicted molar refractivity (Wildman–Crippen MR) is 244 cm³/mol. The fourth-order valence-electron chi connectivity index (χ4n) is 7.55. The Hall–Kier alpha value is -1.67. The average Bonchev–Trinajstić information content (AvgIpc) is 3.25. The van der Waals surface area contributed by atoms with Gasteiger partial charge in [0.25, 0.3) is 0 Å². The zero-order valence-electron chi connectivity index (χ0n) is 38.7. The summed E-state index contributed by atoms with van der Waals surface area (Å²) in [5, 5.41) is 50.2. The van der Waals surface area contributed by atoms with Gasteiger partial charge in [-0.25, -0.2) is 4.57 Å². The Morgan fingerprint density at radius 3 is 1.32 bits per heavy atom. The molecule has 0 heterocycles. The Balaban J connectivity index is 2.43. The van der Waals surface area contributed by atoms with Gasteiger partial charge in [-0.3, -0.25) is 18.6 Å². The molecule has 0 amide bonds. The Bertz CT molecular complexity index is 1180. The molecule has 1 aliphatic rings. The molecule has 0 aliphatic heterocycles. The van der Waals surface area contributed by atoms with E-state index in [0.29, 0.717) is 12.8 Å².